The molecule has 27 heavy (non-hydrogen) atoms. The number of halogens is 2. The van der Waals surface area contributed by atoms with E-state index in [0.717, 1.165) is 17.4 Å². The van der Waals surface area contributed by atoms with E-state index in [4.69, 9.17) is 0 Å². The number of amides is 1. The largest absolute Gasteiger partial charge is 0.367 e. The number of pyridine rings is 2. The van der Waals surface area contributed by atoms with Gasteiger partial charge in [0.15, 0.2) is 5.82 Å². The van der Waals surface area contributed by atoms with Gasteiger partial charge in [0.25, 0.3) is 0 Å². The molecule has 3 aromatic rings. The zero-order valence-electron chi connectivity index (χ0n) is 14.6. The quantitative estimate of drug-likeness (QED) is 0.713. The minimum absolute atomic E-state index is 0.0324. The van der Waals surface area contributed by atoms with Gasteiger partial charge in [0.1, 0.15) is 11.3 Å². The highest BCUT2D eigenvalue weighted by molar-refractivity contribution is 5.92. The molecule has 5 nitrogen and oxygen atoms in total. The molecule has 4 rings (SSSR count). The fourth-order valence-corrected chi connectivity index (χ4v) is 3.41. The van der Waals surface area contributed by atoms with Gasteiger partial charge < -0.3 is 9.80 Å². The van der Waals surface area contributed by atoms with Gasteiger partial charge in [-0.1, -0.05) is 6.07 Å². The first-order valence-electron chi connectivity index (χ1n) is 8.78. The van der Waals surface area contributed by atoms with Gasteiger partial charge >= 0.3 is 0 Å². The van der Waals surface area contributed by atoms with Crippen LogP contribution in [0.1, 0.15) is 5.69 Å². The summed E-state index contributed by atoms with van der Waals surface area (Å²) in [7, 11) is 0. The minimum Gasteiger partial charge on any atom is -0.367 e. The smallest absolute Gasteiger partial charge is 0.228 e. The number of rotatable bonds is 3. The van der Waals surface area contributed by atoms with E-state index in [1.807, 2.05) is 23.1 Å². The molecule has 0 radical (unpaired) electrons. The topological polar surface area (TPSA) is 49.3 Å². The zero-order valence-corrected chi connectivity index (χ0v) is 14.6. The molecule has 0 unspecified atom stereocenters. The highest BCUT2D eigenvalue weighted by Gasteiger charge is 2.23. The van der Waals surface area contributed by atoms with E-state index in [1.165, 1.54) is 12.3 Å². The monoisotopic (exact) mass is 368 g/mol. The van der Waals surface area contributed by atoms with Crippen LogP contribution in [0.5, 0.6) is 0 Å². The number of benzene rings is 1. The van der Waals surface area contributed by atoms with Gasteiger partial charge in [-0.15, -0.1) is 0 Å². The summed E-state index contributed by atoms with van der Waals surface area (Å²) < 4.78 is 27.7. The minimum atomic E-state index is -0.670. The average Bonchev–Trinajstić information content (AvgIpc) is 2.68. The Hall–Kier alpha value is -3.09. The summed E-state index contributed by atoms with van der Waals surface area (Å²) in [5, 5.41) is 0.447. The lowest BCUT2D eigenvalue weighted by molar-refractivity contribution is -0.130. The van der Waals surface area contributed by atoms with Crippen molar-refractivity contribution in [2.45, 2.75) is 6.42 Å². The summed E-state index contributed by atoms with van der Waals surface area (Å²) in [5.74, 6) is -1.26. The molecule has 0 N–H and O–H groups in total. The first kappa shape index (κ1) is 17.3. The van der Waals surface area contributed by atoms with Crippen molar-refractivity contribution in [3.63, 3.8) is 0 Å². The third-order valence-corrected chi connectivity index (χ3v) is 4.77. The number of carbonyl (C=O) groups excluding carboxylic acids is 1. The highest BCUT2D eigenvalue weighted by atomic mass is 19.1. The normalized spacial score (nSPS) is 14.6. The molecule has 1 aliphatic rings. The summed E-state index contributed by atoms with van der Waals surface area (Å²) >= 11 is 0. The molecule has 138 valence electrons. The van der Waals surface area contributed by atoms with E-state index in [9.17, 15) is 13.6 Å². The first-order chi connectivity index (χ1) is 13.1. The Balaban J connectivity index is 1.48. The predicted molar refractivity (Wildman–Crippen MR) is 98.4 cm³/mol. The number of hydrogen-bond donors (Lipinski definition) is 0. The molecule has 0 aliphatic carbocycles. The van der Waals surface area contributed by atoms with Crippen molar-refractivity contribution in [1.29, 1.82) is 0 Å². The maximum atomic E-state index is 14.0. The fraction of sp³-hybridized carbons (Fsp3) is 0.250. The molecule has 7 heteroatoms. The number of aromatic nitrogens is 2. The Labute approximate surface area is 155 Å². The number of nitrogens with zero attached hydrogens (tertiary/aromatic N) is 4. The van der Waals surface area contributed by atoms with Crippen molar-refractivity contribution < 1.29 is 13.6 Å². The number of carbonyl (C=O) groups is 1. The average molecular weight is 368 g/mol. The van der Waals surface area contributed by atoms with E-state index in [1.54, 1.807) is 17.2 Å². The number of anilines is 1. The Morgan fingerprint density at radius 1 is 1.00 bits per heavy atom. The molecule has 0 bridgehead atoms. The van der Waals surface area contributed by atoms with Gasteiger partial charge in [-0.3, -0.25) is 14.8 Å². The van der Waals surface area contributed by atoms with Gasteiger partial charge in [-0.25, -0.2) is 8.78 Å². The van der Waals surface area contributed by atoms with Gasteiger partial charge in [0.05, 0.1) is 6.42 Å². The van der Waals surface area contributed by atoms with Crippen LogP contribution in [0.2, 0.25) is 0 Å². The van der Waals surface area contributed by atoms with Gasteiger partial charge in [0.2, 0.25) is 5.91 Å². The lowest BCUT2D eigenvalue weighted by atomic mass is 10.1. The van der Waals surface area contributed by atoms with Crippen molar-refractivity contribution in [1.82, 2.24) is 14.9 Å². The van der Waals surface area contributed by atoms with Crippen LogP contribution in [0.25, 0.3) is 10.9 Å². The fourth-order valence-electron chi connectivity index (χ4n) is 3.41. The molecule has 0 saturated carbocycles. The lowest BCUT2D eigenvalue weighted by Gasteiger charge is -2.36. The molecular formula is C20H18F2N4O. The highest BCUT2D eigenvalue weighted by Crippen LogP contribution is 2.28. The predicted octanol–water partition coefficient (Wildman–Crippen LogP) is 2.80. The van der Waals surface area contributed by atoms with Crippen molar-refractivity contribution in [3.05, 3.63) is 66.1 Å². The van der Waals surface area contributed by atoms with Crippen LogP contribution in [0.4, 0.5) is 14.5 Å². The third kappa shape index (κ3) is 3.58. The second kappa shape index (κ2) is 7.26. The van der Waals surface area contributed by atoms with Gasteiger partial charge in [-0.05, 0) is 24.3 Å². The van der Waals surface area contributed by atoms with Crippen molar-refractivity contribution in [3.8, 4) is 0 Å². The van der Waals surface area contributed by atoms with Crippen LogP contribution < -0.4 is 4.90 Å². The van der Waals surface area contributed by atoms with E-state index in [2.05, 4.69) is 9.97 Å². The van der Waals surface area contributed by atoms with Crippen LogP contribution in [0, 0.1) is 11.6 Å². The standard InChI is InChI=1S/C20H18F2N4O/c21-14-11-16-18(4-6-24-20(16)17(22)12-14)25-7-9-26(10-8-25)19(27)13-15-3-1-2-5-23-15/h1-6,11-12H,7-10,13H2. The molecule has 1 saturated heterocycles. The van der Waals surface area contributed by atoms with Crippen LogP contribution in [-0.2, 0) is 11.2 Å². The molecule has 1 aromatic carbocycles. The van der Waals surface area contributed by atoms with Gasteiger partial charge in [0, 0.05) is 61.4 Å². The molecule has 0 atom stereocenters. The second-order valence-corrected chi connectivity index (χ2v) is 6.48. The van der Waals surface area contributed by atoms with Gasteiger partial charge in [-0.2, -0.15) is 0 Å². The third-order valence-electron chi connectivity index (χ3n) is 4.77. The summed E-state index contributed by atoms with van der Waals surface area (Å²) in [5.41, 5.74) is 1.63. The number of fused-ring (bicyclic) bond motifs is 1. The van der Waals surface area contributed by atoms with Crippen LogP contribution in [0.15, 0.2) is 48.8 Å². The number of hydrogen-bond acceptors (Lipinski definition) is 4. The zero-order chi connectivity index (χ0) is 18.8. The molecule has 1 fully saturated rings. The molecule has 3 heterocycles. The van der Waals surface area contributed by atoms with Crippen molar-refractivity contribution in [2.75, 3.05) is 31.1 Å². The van der Waals surface area contributed by atoms with Crippen LogP contribution in [-0.4, -0.2) is 47.0 Å². The molecule has 1 amide bonds. The van der Waals surface area contributed by atoms with E-state index in [-0.39, 0.29) is 17.8 Å². The summed E-state index contributed by atoms with van der Waals surface area (Å²) in [6.45, 7) is 2.27. The Kier molecular flexibility index (Phi) is 4.66. The Morgan fingerprint density at radius 3 is 2.56 bits per heavy atom. The lowest BCUT2D eigenvalue weighted by Crippen LogP contribution is -2.49. The maximum absolute atomic E-state index is 14.0. The summed E-state index contributed by atoms with van der Waals surface area (Å²) in [4.78, 5) is 24.5. The van der Waals surface area contributed by atoms with E-state index < -0.39 is 11.6 Å². The summed E-state index contributed by atoms with van der Waals surface area (Å²) in [6.07, 6.45) is 3.47. The Morgan fingerprint density at radius 2 is 1.81 bits per heavy atom. The Bertz CT molecular complexity index is 972. The van der Waals surface area contributed by atoms with Crippen LogP contribution in [0.3, 0.4) is 0 Å². The molecule has 0 spiro atoms. The first-order valence-corrected chi connectivity index (χ1v) is 8.78. The molecular weight excluding hydrogens is 350 g/mol. The van der Waals surface area contributed by atoms with Crippen molar-refractivity contribution in [2.24, 2.45) is 0 Å². The number of piperazine rings is 1. The molecule has 2 aromatic heterocycles. The van der Waals surface area contributed by atoms with E-state index in [0.29, 0.717) is 31.6 Å². The SMILES string of the molecule is O=C(Cc1ccccn1)N1CCN(c2ccnc3c(F)cc(F)cc23)CC1. The maximum Gasteiger partial charge on any atom is 0.228 e. The summed E-state index contributed by atoms with van der Waals surface area (Å²) in [6, 6.07) is 9.41. The van der Waals surface area contributed by atoms with Crippen LogP contribution >= 0.6 is 0 Å². The van der Waals surface area contributed by atoms with E-state index >= 15 is 0 Å². The van der Waals surface area contributed by atoms with Crippen molar-refractivity contribution >= 4 is 22.5 Å². The molecule has 1 aliphatic heterocycles. The second-order valence-electron chi connectivity index (χ2n) is 6.48.